The third-order valence-corrected chi connectivity index (χ3v) is 3.24. The van der Waals surface area contributed by atoms with Gasteiger partial charge < -0.3 is 4.74 Å². The maximum Gasteiger partial charge on any atom is 0.165 e. The van der Waals surface area contributed by atoms with Crippen LogP contribution in [0.25, 0.3) is 16.9 Å². The summed E-state index contributed by atoms with van der Waals surface area (Å²) in [5, 5.41) is 0. The van der Waals surface area contributed by atoms with E-state index in [1.165, 1.54) is 13.2 Å². The van der Waals surface area contributed by atoms with Crippen molar-refractivity contribution in [3.8, 4) is 11.4 Å². The summed E-state index contributed by atoms with van der Waals surface area (Å²) >= 11 is 5.94. The fourth-order valence-electron chi connectivity index (χ4n) is 2.11. The normalized spacial score (nSPS) is 10.9. The summed E-state index contributed by atoms with van der Waals surface area (Å²) in [5.41, 5.74) is 2.13. The molecule has 0 unspecified atom stereocenters. The van der Waals surface area contributed by atoms with Gasteiger partial charge in [-0.25, -0.2) is 14.4 Å². The Kier molecular flexibility index (Phi) is 3.28. The quantitative estimate of drug-likeness (QED) is 0.695. The van der Waals surface area contributed by atoms with Crippen LogP contribution in [0, 0.1) is 5.82 Å². The second-order valence-corrected chi connectivity index (χ2v) is 4.43. The Morgan fingerprint density at radius 1 is 1.35 bits per heavy atom. The molecule has 0 amide bonds. The first-order chi connectivity index (χ1) is 9.74. The van der Waals surface area contributed by atoms with Crippen LogP contribution < -0.4 is 4.74 Å². The van der Waals surface area contributed by atoms with Gasteiger partial charge in [0, 0.05) is 12.3 Å². The lowest BCUT2D eigenvalue weighted by molar-refractivity contribution is 0.386. The number of fused-ring (bicyclic) bond motifs is 1. The lowest BCUT2D eigenvalue weighted by atomic mass is 10.2. The molecule has 0 saturated heterocycles. The van der Waals surface area contributed by atoms with Crippen LogP contribution in [0.4, 0.5) is 4.39 Å². The summed E-state index contributed by atoms with van der Waals surface area (Å²) in [6.07, 6.45) is 1.68. The van der Waals surface area contributed by atoms with Gasteiger partial charge in [0.05, 0.1) is 18.7 Å². The zero-order valence-corrected chi connectivity index (χ0v) is 11.4. The Hall–Kier alpha value is -2.14. The van der Waals surface area contributed by atoms with Gasteiger partial charge in [0.15, 0.2) is 17.2 Å². The molecule has 4 nitrogen and oxygen atoms in total. The number of hydrogen-bond donors (Lipinski definition) is 0. The highest BCUT2D eigenvalue weighted by Gasteiger charge is 2.14. The molecule has 2 heterocycles. The minimum absolute atomic E-state index is 0.167. The van der Waals surface area contributed by atoms with Crippen molar-refractivity contribution in [2.45, 2.75) is 5.88 Å². The minimum Gasteiger partial charge on any atom is -0.494 e. The molecule has 0 spiro atoms. The van der Waals surface area contributed by atoms with Crippen LogP contribution in [0.2, 0.25) is 0 Å². The zero-order valence-electron chi connectivity index (χ0n) is 10.7. The highest BCUT2D eigenvalue weighted by Crippen LogP contribution is 2.25. The molecule has 3 aromatic rings. The van der Waals surface area contributed by atoms with Gasteiger partial charge in [-0.1, -0.05) is 0 Å². The Labute approximate surface area is 119 Å². The molecule has 2 aromatic heterocycles. The molecule has 1 aromatic carbocycles. The number of imidazole rings is 1. The largest absolute Gasteiger partial charge is 0.494 e. The summed E-state index contributed by atoms with van der Waals surface area (Å²) < 4.78 is 20.3. The Morgan fingerprint density at radius 2 is 2.20 bits per heavy atom. The van der Waals surface area contributed by atoms with Gasteiger partial charge in [0.25, 0.3) is 0 Å². The van der Waals surface area contributed by atoms with Gasteiger partial charge in [-0.15, -0.1) is 11.6 Å². The summed E-state index contributed by atoms with van der Waals surface area (Å²) in [6.45, 7) is 0. The van der Waals surface area contributed by atoms with Gasteiger partial charge in [-0.2, -0.15) is 0 Å². The van der Waals surface area contributed by atoms with Gasteiger partial charge in [0.1, 0.15) is 11.3 Å². The van der Waals surface area contributed by atoms with Crippen molar-refractivity contribution < 1.29 is 9.13 Å². The van der Waals surface area contributed by atoms with E-state index in [4.69, 9.17) is 16.3 Å². The van der Waals surface area contributed by atoms with E-state index in [9.17, 15) is 4.39 Å². The smallest absolute Gasteiger partial charge is 0.165 e. The van der Waals surface area contributed by atoms with E-state index in [0.29, 0.717) is 17.2 Å². The summed E-state index contributed by atoms with van der Waals surface area (Å²) in [4.78, 5) is 8.73. The number of halogens is 2. The second kappa shape index (κ2) is 5.09. The molecule has 3 rings (SSSR count). The van der Waals surface area contributed by atoms with Crippen molar-refractivity contribution in [3.05, 3.63) is 48.2 Å². The first-order valence-electron chi connectivity index (χ1n) is 5.97. The third-order valence-electron chi connectivity index (χ3n) is 3.00. The van der Waals surface area contributed by atoms with Crippen LogP contribution in [0.5, 0.6) is 5.75 Å². The van der Waals surface area contributed by atoms with E-state index >= 15 is 0 Å². The van der Waals surface area contributed by atoms with E-state index in [0.717, 1.165) is 5.52 Å². The number of pyridine rings is 1. The van der Waals surface area contributed by atoms with Gasteiger partial charge in [-0.3, -0.25) is 4.57 Å². The summed E-state index contributed by atoms with van der Waals surface area (Å²) in [5.74, 6) is 0.631. The third kappa shape index (κ3) is 2.00. The topological polar surface area (TPSA) is 39.9 Å². The van der Waals surface area contributed by atoms with Crippen molar-refractivity contribution in [1.82, 2.24) is 14.5 Å². The lowest BCUT2D eigenvalue weighted by Gasteiger charge is -2.09. The molecule has 0 N–H and O–H groups in total. The Morgan fingerprint density at radius 3 is 2.95 bits per heavy atom. The predicted molar refractivity (Wildman–Crippen MR) is 74.9 cm³/mol. The standard InChI is InChI=1S/C14H11ClFN3O/c1-20-12-7-9(4-5-10(12)16)19-13(8-15)18-11-3-2-6-17-14(11)19/h2-7H,8H2,1H3. The number of rotatable bonds is 3. The molecule has 0 saturated carbocycles. The maximum absolute atomic E-state index is 13.5. The SMILES string of the molecule is COc1cc(-n2c(CCl)nc3cccnc32)ccc1F. The lowest BCUT2D eigenvalue weighted by Crippen LogP contribution is -2.01. The summed E-state index contributed by atoms with van der Waals surface area (Å²) in [7, 11) is 1.43. The molecular weight excluding hydrogens is 281 g/mol. The van der Waals surface area contributed by atoms with Crippen LogP contribution in [-0.2, 0) is 5.88 Å². The van der Waals surface area contributed by atoms with E-state index in [-0.39, 0.29) is 11.6 Å². The van der Waals surface area contributed by atoms with Crippen molar-refractivity contribution in [1.29, 1.82) is 0 Å². The molecular formula is C14H11ClFN3O. The highest BCUT2D eigenvalue weighted by atomic mass is 35.5. The number of methoxy groups -OCH3 is 1. The molecule has 20 heavy (non-hydrogen) atoms. The Bertz CT molecular complexity index is 772. The number of nitrogens with zero attached hydrogens (tertiary/aromatic N) is 3. The first kappa shape index (κ1) is 12.9. The van der Waals surface area contributed by atoms with Crippen molar-refractivity contribution in [2.75, 3.05) is 7.11 Å². The van der Waals surface area contributed by atoms with E-state index in [1.54, 1.807) is 22.9 Å². The predicted octanol–water partition coefficient (Wildman–Crippen LogP) is 3.31. The average molecular weight is 292 g/mol. The number of ether oxygens (including phenoxy) is 1. The number of alkyl halides is 1. The Balaban J connectivity index is 2.28. The summed E-state index contributed by atoms with van der Waals surface area (Å²) in [6, 6.07) is 8.25. The molecule has 0 radical (unpaired) electrons. The van der Waals surface area contributed by atoms with Crippen molar-refractivity contribution in [2.24, 2.45) is 0 Å². The maximum atomic E-state index is 13.5. The van der Waals surface area contributed by atoms with Gasteiger partial charge in [-0.05, 0) is 24.3 Å². The average Bonchev–Trinajstić information content (AvgIpc) is 2.86. The molecule has 0 aliphatic carbocycles. The van der Waals surface area contributed by atoms with E-state index < -0.39 is 5.82 Å². The number of hydrogen-bond acceptors (Lipinski definition) is 3. The molecule has 102 valence electrons. The van der Waals surface area contributed by atoms with Crippen LogP contribution in [-0.4, -0.2) is 21.6 Å². The van der Waals surface area contributed by atoms with Crippen molar-refractivity contribution in [3.63, 3.8) is 0 Å². The molecule has 0 atom stereocenters. The van der Waals surface area contributed by atoms with Crippen LogP contribution in [0.1, 0.15) is 5.82 Å². The first-order valence-corrected chi connectivity index (χ1v) is 6.50. The van der Waals surface area contributed by atoms with Crippen LogP contribution >= 0.6 is 11.6 Å². The van der Waals surface area contributed by atoms with Crippen molar-refractivity contribution >= 4 is 22.8 Å². The molecule has 0 aliphatic rings. The minimum atomic E-state index is -0.416. The highest BCUT2D eigenvalue weighted by molar-refractivity contribution is 6.16. The number of aromatic nitrogens is 3. The molecule has 0 bridgehead atoms. The van der Waals surface area contributed by atoms with E-state index in [2.05, 4.69) is 9.97 Å². The fraction of sp³-hybridized carbons (Fsp3) is 0.143. The van der Waals surface area contributed by atoms with Crippen LogP contribution in [0.3, 0.4) is 0 Å². The van der Waals surface area contributed by atoms with E-state index in [1.807, 2.05) is 12.1 Å². The molecule has 6 heteroatoms. The monoisotopic (exact) mass is 291 g/mol. The fourth-order valence-corrected chi connectivity index (χ4v) is 2.29. The van der Waals surface area contributed by atoms with Gasteiger partial charge >= 0.3 is 0 Å². The number of benzene rings is 1. The second-order valence-electron chi connectivity index (χ2n) is 4.16. The molecule has 0 fully saturated rings. The molecule has 0 aliphatic heterocycles. The van der Waals surface area contributed by atoms with Gasteiger partial charge in [0.2, 0.25) is 0 Å². The van der Waals surface area contributed by atoms with Crippen LogP contribution in [0.15, 0.2) is 36.5 Å². The zero-order chi connectivity index (χ0) is 14.1.